The molecule has 2 rings (SSSR count). The van der Waals surface area contributed by atoms with Crippen LogP contribution in [-0.2, 0) is 10.0 Å². The van der Waals surface area contributed by atoms with Gasteiger partial charge in [-0.25, -0.2) is 8.42 Å². The van der Waals surface area contributed by atoms with Gasteiger partial charge in [-0.1, -0.05) is 13.0 Å². The van der Waals surface area contributed by atoms with Crippen molar-refractivity contribution >= 4 is 21.6 Å². The zero-order valence-electron chi connectivity index (χ0n) is 15.0. The molecule has 0 saturated carbocycles. The van der Waals surface area contributed by atoms with Crippen LogP contribution in [-0.4, -0.2) is 20.4 Å². The van der Waals surface area contributed by atoms with E-state index in [1.165, 1.54) is 24.3 Å². The Bertz CT molecular complexity index is 859. The molecule has 0 fully saturated rings. The molecule has 5 nitrogen and oxygen atoms in total. The summed E-state index contributed by atoms with van der Waals surface area (Å²) >= 11 is 0. The van der Waals surface area contributed by atoms with Crippen molar-refractivity contribution in [1.29, 1.82) is 0 Å². The summed E-state index contributed by atoms with van der Waals surface area (Å²) < 4.78 is 27.5. The molecule has 0 spiro atoms. The third-order valence-electron chi connectivity index (χ3n) is 4.18. The second kappa shape index (κ2) is 7.70. The number of carbonyl (C=O) groups excluding carboxylic acids is 1. The van der Waals surface area contributed by atoms with Crippen molar-refractivity contribution in [3.05, 3.63) is 59.2 Å². The predicted molar refractivity (Wildman–Crippen MR) is 100 cm³/mol. The first-order valence-electron chi connectivity index (χ1n) is 8.24. The molecule has 0 aliphatic carbocycles. The van der Waals surface area contributed by atoms with Gasteiger partial charge in [0, 0.05) is 17.3 Å². The van der Waals surface area contributed by atoms with E-state index in [9.17, 15) is 13.2 Å². The fraction of sp³-hybridized carbons (Fsp3) is 0.316. The molecule has 6 heteroatoms. The third-order valence-corrected chi connectivity index (χ3v) is 5.57. The summed E-state index contributed by atoms with van der Waals surface area (Å²) in [6.07, 6.45) is 0.831. The van der Waals surface area contributed by atoms with E-state index < -0.39 is 10.0 Å². The average Bonchev–Trinajstić information content (AvgIpc) is 2.58. The molecule has 0 radical (unpaired) electrons. The lowest BCUT2D eigenvalue weighted by atomic mass is 10.1. The lowest BCUT2D eigenvalue weighted by molar-refractivity contribution is 0.0939. The molecule has 25 heavy (non-hydrogen) atoms. The zero-order valence-corrected chi connectivity index (χ0v) is 15.8. The molecule has 0 heterocycles. The van der Waals surface area contributed by atoms with Gasteiger partial charge in [0.1, 0.15) is 0 Å². The highest BCUT2D eigenvalue weighted by Crippen LogP contribution is 2.19. The van der Waals surface area contributed by atoms with Gasteiger partial charge in [0.2, 0.25) is 0 Å². The van der Waals surface area contributed by atoms with Crippen LogP contribution in [0.5, 0.6) is 0 Å². The van der Waals surface area contributed by atoms with Crippen molar-refractivity contribution in [3.63, 3.8) is 0 Å². The number of nitrogens with one attached hydrogen (secondary N) is 2. The molecule has 134 valence electrons. The van der Waals surface area contributed by atoms with Crippen molar-refractivity contribution in [2.75, 3.05) is 4.72 Å². The molecule has 0 saturated heterocycles. The van der Waals surface area contributed by atoms with Gasteiger partial charge in [-0.15, -0.1) is 0 Å². The molecule has 0 aromatic heterocycles. The second-order valence-corrected chi connectivity index (χ2v) is 7.89. The Morgan fingerprint density at radius 1 is 1.04 bits per heavy atom. The highest BCUT2D eigenvalue weighted by Gasteiger charge is 2.16. The fourth-order valence-electron chi connectivity index (χ4n) is 2.21. The van der Waals surface area contributed by atoms with Gasteiger partial charge in [0.05, 0.1) is 4.90 Å². The quantitative estimate of drug-likeness (QED) is 0.826. The van der Waals surface area contributed by atoms with Crippen LogP contribution < -0.4 is 10.0 Å². The minimum atomic E-state index is -3.69. The highest BCUT2D eigenvalue weighted by atomic mass is 32.2. The number of sulfonamides is 1. The van der Waals surface area contributed by atoms with Gasteiger partial charge >= 0.3 is 0 Å². The smallest absolute Gasteiger partial charge is 0.261 e. The maximum absolute atomic E-state index is 12.5. The Balaban J connectivity index is 2.17. The Morgan fingerprint density at radius 2 is 1.68 bits per heavy atom. The van der Waals surface area contributed by atoms with E-state index in [1.807, 2.05) is 33.8 Å². The van der Waals surface area contributed by atoms with Gasteiger partial charge < -0.3 is 5.32 Å². The topological polar surface area (TPSA) is 75.3 Å². The van der Waals surface area contributed by atoms with E-state index in [-0.39, 0.29) is 16.8 Å². The monoisotopic (exact) mass is 360 g/mol. The molecule has 0 unspecified atom stereocenters. The number of anilines is 1. The maximum atomic E-state index is 12.5. The minimum absolute atomic E-state index is 0.0716. The van der Waals surface area contributed by atoms with Gasteiger partial charge in [-0.2, -0.15) is 0 Å². The first-order valence-corrected chi connectivity index (χ1v) is 9.72. The summed E-state index contributed by atoms with van der Waals surface area (Å²) in [5.41, 5.74) is 3.06. The first kappa shape index (κ1) is 19.0. The first-order chi connectivity index (χ1) is 11.7. The lowest BCUT2D eigenvalue weighted by Crippen LogP contribution is -2.31. The number of hydrogen-bond acceptors (Lipinski definition) is 3. The van der Waals surface area contributed by atoms with Gasteiger partial charge in [-0.3, -0.25) is 9.52 Å². The summed E-state index contributed by atoms with van der Waals surface area (Å²) in [6.45, 7) is 7.80. The summed E-state index contributed by atoms with van der Waals surface area (Å²) in [5.74, 6) is -0.208. The van der Waals surface area contributed by atoms with Crippen LogP contribution in [0, 0.1) is 13.8 Å². The molecule has 1 amide bonds. The van der Waals surface area contributed by atoms with Gasteiger partial charge in [-0.05, 0) is 74.7 Å². The van der Waals surface area contributed by atoms with E-state index >= 15 is 0 Å². The van der Waals surface area contributed by atoms with E-state index in [1.54, 1.807) is 12.1 Å². The van der Waals surface area contributed by atoms with E-state index in [2.05, 4.69) is 10.0 Å². The van der Waals surface area contributed by atoms with E-state index in [0.29, 0.717) is 11.3 Å². The van der Waals surface area contributed by atoms with Crippen molar-refractivity contribution in [2.24, 2.45) is 0 Å². The van der Waals surface area contributed by atoms with E-state index in [0.717, 1.165) is 17.5 Å². The molecule has 0 aliphatic heterocycles. The summed E-state index contributed by atoms with van der Waals surface area (Å²) in [4.78, 5) is 12.2. The Hall–Kier alpha value is -2.34. The number of amides is 1. The minimum Gasteiger partial charge on any atom is -0.350 e. The number of hydrogen-bond donors (Lipinski definition) is 2. The molecule has 1 atom stereocenters. The molecule has 0 bridgehead atoms. The average molecular weight is 360 g/mol. The number of rotatable bonds is 6. The molecule has 2 aromatic rings. The van der Waals surface area contributed by atoms with Crippen LogP contribution in [0.3, 0.4) is 0 Å². The van der Waals surface area contributed by atoms with Crippen LogP contribution in [0.2, 0.25) is 0 Å². The standard InChI is InChI=1S/C19H24N2O3S/c1-5-15(4)20-19(22)16-7-10-18(11-8-16)25(23,24)21-17-9-6-13(2)14(3)12-17/h6-12,15,21H,5H2,1-4H3,(H,20,22)/t15-/m0/s1. The van der Waals surface area contributed by atoms with Crippen LogP contribution in [0.25, 0.3) is 0 Å². The molecule has 2 aromatic carbocycles. The normalized spacial score (nSPS) is 12.5. The van der Waals surface area contributed by atoms with Crippen LogP contribution in [0.1, 0.15) is 41.8 Å². The van der Waals surface area contributed by atoms with Crippen molar-refractivity contribution in [1.82, 2.24) is 5.32 Å². The predicted octanol–water partition coefficient (Wildman–Crippen LogP) is 3.63. The number of carbonyl (C=O) groups is 1. The van der Waals surface area contributed by atoms with Crippen LogP contribution in [0.4, 0.5) is 5.69 Å². The summed E-state index contributed by atoms with van der Waals surface area (Å²) in [7, 11) is -3.69. The van der Waals surface area contributed by atoms with Crippen molar-refractivity contribution in [3.8, 4) is 0 Å². The number of aryl methyl sites for hydroxylation is 2. The van der Waals surface area contributed by atoms with Gasteiger partial charge in [0.25, 0.3) is 15.9 Å². The largest absolute Gasteiger partial charge is 0.350 e. The maximum Gasteiger partial charge on any atom is 0.261 e. The summed E-state index contributed by atoms with van der Waals surface area (Å²) in [5, 5.41) is 2.85. The molecule has 2 N–H and O–H groups in total. The lowest BCUT2D eigenvalue weighted by Gasteiger charge is -2.12. The highest BCUT2D eigenvalue weighted by molar-refractivity contribution is 7.92. The Kier molecular flexibility index (Phi) is 5.85. The van der Waals surface area contributed by atoms with Crippen molar-refractivity contribution in [2.45, 2.75) is 45.1 Å². The second-order valence-electron chi connectivity index (χ2n) is 6.21. The number of benzene rings is 2. The summed E-state index contributed by atoms with van der Waals surface area (Å²) in [6, 6.07) is 11.4. The fourth-order valence-corrected chi connectivity index (χ4v) is 3.26. The Labute approximate surface area is 149 Å². The molecule has 0 aliphatic rings. The van der Waals surface area contributed by atoms with Gasteiger partial charge in [0.15, 0.2) is 0 Å². The molecular weight excluding hydrogens is 336 g/mol. The zero-order chi connectivity index (χ0) is 18.6. The molecular formula is C19H24N2O3S. The third kappa shape index (κ3) is 4.82. The van der Waals surface area contributed by atoms with Crippen LogP contribution in [0.15, 0.2) is 47.4 Å². The van der Waals surface area contributed by atoms with Crippen molar-refractivity contribution < 1.29 is 13.2 Å². The SMILES string of the molecule is CC[C@H](C)NC(=O)c1ccc(S(=O)(=O)Nc2ccc(C)c(C)c2)cc1. The Morgan fingerprint density at radius 3 is 2.24 bits per heavy atom. The van der Waals surface area contributed by atoms with E-state index in [4.69, 9.17) is 0 Å². The van der Waals surface area contributed by atoms with Crippen LogP contribution >= 0.6 is 0 Å².